The summed E-state index contributed by atoms with van der Waals surface area (Å²) in [6, 6.07) is 18.3. The number of ether oxygens (including phenoxy) is 8. The molecule has 0 saturated heterocycles. The second kappa shape index (κ2) is 23.8. The molecule has 0 aliphatic rings. The molecule has 0 aliphatic carbocycles. The summed E-state index contributed by atoms with van der Waals surface area (Å²) in [5, 5.41) is 2.63. The van der Waals surface area contributed by atoms with Gasteiger partial charge in [0.25, 0.3) is 0 Å². The van der Waals surface area contributed by atoms with E-state index < -0.39 is 6.09 Å². The highest BCUT2D eigenvalue weighted by Gasteiger charge is 2.05. The van der Waals surface area contributed by atoms with Gasteiger partial charge in [0.15, 0.2) is 0 Å². The topological polar surface area (TPSA) is 120 Å². The number of alkyl carbamates (subject to hydrolysis) is 1. The van der Waals surface area contributed by atoms with E-state index in [1.54, 1.807) is 24.3 Å². The average Bonchev–Trinajstić information content (AvgIpc) is 2.99. The summed E-state index contributed by atoms with van der Waals surface area (Å²) in [6.45, 7) is 6.00. The normalized spacial score (nSPS) is 10.8. The fraction of sp³-hybridized carbons (Fsp3) is 0.517. The summed E-state index contributed by atoms with van der Waals surface area (Å²) in [5.74, 6) is -0.360. The lowest BCUT2D eigenvalue weighted by Gasteiger charge is -2.09. The number of hydrogen-bond donors (Lipinski definition) is 1. The molecule has 222 valence electrons. The zero-order valence-corrected chi connectivity index (χ0v) is 23.0. The van der Waals surface area contributed by atoms with Crippen LogP contribution in [0, 0.1) is 0 Å². The summed E-state index contributed by atoms with van der Waals surface area (Å²) in [7, 11) is 0. The van der Waals surface area contributed by atoms with Crippen LogP contribution in [0.15, 0.2) is 60.7 Å². The van der Waals surface area contributed by atoms with E-state index in [4.69, 9.17) is 37.9 Å². The molecule has 11 heteroatoms. The van der Waals surface area contributed by atoms with Crippen LogP contribution in [0.3, 0.4) is 0 Å². The molecule has 11 nitrogen and oxygen atoms in total. The highest BCUT2D eigenvalue weighted by Crippen LogP contribution is 2.01. The standard InChI is InChI=1S/C29H41NO10/c31-28(27-9-5-2-6-10-27)39-24-23-38-22-21-37-20-19-36-18-17-35-16-15-34-14-13-33-12-11-30-29(32)40-25-26-7-3-1-4-8-26/h1-10H,11-25H2,(H,30,32). The van der Waals surface area contributed by atoms with Gasteiger partial charge in [0.2, 0.25) is 0 Å². The summed E-state index contributed by atoms with van der Waals surface area (Å²) in [4.78, 5) is 23.4. The Bertz CT molecular complexity index is 885. The Kier molecular flexibility index (Phi) is 19.7. The average molecular weight is 564 g/mol. The number of benzene rings is 2. The third-order valence-corrected chi connectivity index (χ3v) is 5.06. The van der Waals surface area contributed by atoms with Crippen molar-refractivity contribution >= 4 is 12.1 Å². The van der Waals surface area contributed by atoms with Gasteiger partial charge in [-0.25, -0.2) is 9.59 Å². The van der Waals surface area contributed by atoms with E-state index in [2.05, 4.69) is 5.32 Å². The maximum absolute atomic E-state index is 11.8. The van der Waals surface area contributed by atoms with Crippen molar-refractivity contribution in [3.63, 3.8) is 0 Å². The second-order valence-electron chi connectivity index (χ2n) is 8.16. The molecule has 1 N–H and O–H groups in total. The maximum Gasteiger partial charge on any atom is 0.407 e. The van der Waals surface area contributed by atoms with E-state index in [1.165, 1.54) is 0 Å². The Hall–Kier alpha value is -3.06. The van der Waals surface area contributed by atoms with Gasteiger partial charge in [0.1, 0.15) is 13.2 Å². The van der Waals surface area contributed by atoms with Crippen LogP contribution in [0.2, 0.25) is 0 Å². The summed E-state index contributed by atoms with van der Waals surface area (Å²) in [6.07, 6.45) is -0.473. The van der Waals surface area contributed by atoms with Gasteiger partial charge in [-0.05, 0) is 17.7 Å². The zero-order valence-electron chi connectivity index (χ0n) is 23.0. The van der Waals surface area contributed by atoms with Crippen molar-refractivity contribution in [1.29, 1.82) is 0 Å². The van der Waals surface area contributed by atoms with Gasteiger partial charge in [-0.2, -0.15) is 0 Å². The van der Waals surface area contributed by atoms with Crippen LogP contribution in [0.4, 0.5) is 4.79 Å². The Labute approximate surface area is 235 Å². The Morgan fingerprint density at radius 1 is 0.500 bits per heavy atom. The lowest BCUT2D eigenvalue weighted by molar-refractivity contribution is -0.0192. The molecule has 0 aromatic heterocycles. The van der Waals surface area contributed by atoms with Gasteiger partial charge in [0, 0.05) is 6.54 Å². The van der Waals surface area contributed by atoms with Gasteiger partial charge in [-0.3, -0.25) is 0 Å². The van der Waals surface area contributed by atoms with E-state index in [0.29, 0.717) is 91.4 Å². The van der Waals surface area contributed by atoms with Crippen LogP contribution >= 0.6 is 0 Å². The number of carbonyl (C=O) groups excluding carboxylic acids is 2. The first-order valence-corrected chi connectivity index (χ1v) is 13.4. The molecular weight excluding hydrogens is 522 g/mol. The number of rotatable bonds is 24. The molecule has 0 fully saturated rings. The van der Waals surface area contributed by atoms with E-state index in [9.17, 15) is 9.59 Å². The number of amides is 1. The molecule has 0 heterocycles. The number of nitrogens with one attached hydrogen (secondary N) is 1. The smallest absolute Gasteiger partial charge is 0.407 e. The van der Waals surface area contributed by atoms with Crippen LogP contribution in [-0.4, -0.2) is 104 Å². The summed E-state index contributed by atoms with van der Waals surface area (Å²) in [5.41, 5.74) is 1.46. The number of carbonyl (C=O) groups is 2. The monoisotopic (exact) mass is 563 g/mol. The molecule has 0 spiro atoms. The fourth-order valence-electron chi connectivity index (χ4n) is 3.05. The van der Waals surface area contributed by atoms with Crippen molar-refractivity contribution in [2.45, 2.75) is 6.61 Å². The highest BCUT2D eigenvalue weighted by atomic mass is 16.6. The van der Waals surface area contributed by atoms with Crippen molar-refractivity contribution in [2.75, 3.05) is 92.4 Å². The van der Waals surface area contributed by atoms with Gasteiger partial charge >= 0.3 is 12.1 Å². The van der Waals surface area contributed by atoms with Crippen LogP contribution in [0.1, 0.15) is 15.9 Å². The summed E-state index contributed by atoms with van der Waals surface area (Å²) < 4.78 is 42.7. The maximum atomic E-state index is 11.8. The molecule has 2 aromatic rings. The highest BCUT2D eigenvalue weighted by molar-refractivity contribution is 5.89. The first kappa shape index (κ1) is 33.1. The minimum Gasteiger partial charge on any atom is -0.460 e. The summed E-state index contributed by atoms with van der Waals surface area (Å²) >= 11 is 0. The number of hydrogen-bond acceptors (Lipinski definition) is 10. The third-order valence-electron chi connectivity index (χ3n) is 5.06. The van der Waals surface area contributed by atoms with Gasteiger partial charge in [0.05, 0.1) is 84.8 Å². The zero-order chi connectivity index (χ0) is 28.4. The number of esters is 1. The van der Waals surface area contributed by atoms with Gasteiger partial charge in [-0.15, -0.1) is 0 Å². The van der Waals surface area contributed by atoms with E-state index in [0.717, 1.165) is 5.56 Å². The second-order valence-corrected chi connectivity index (χ2v) is 8.16. The van der Waals surface area contributed by atoms with E-state index in [1.807, 2.05) is 36.4 Å². The van der Waals surface area contributed by atoms with Gasteiger partial charge in [-0.1, -0.05) is 48.5 Å². The van der Waals surface area contributed by atoms with Crippen LogP contribution in [-0.2, 0) is 44.5 Å². The molecule has 1 amide bonds. The van der Waals surface area contributed by atoms with Crippen molar-refractivity contribution < 1.29 is 47.5 Å². The predicted molar refractivity (Wildman–Crippen MR) is 146 cm³/mol. The quantitative estimate of drug-likeness (QED) is 0.151. The minimum absolute atomic E-state index is 0.197. The van der Waals surface area contributed by atoms with Crippen molar-refractivity contribution in [3.8, 4) is 0 Å². The SMILES string of the molecule is O=C(NCCOCCOCCOCCOCCOCCOCCOC(=O)c1ccccc1)OCc1ccccc1. The first-order valence-electron chi connectivity index (χ1n) is 13.4. The molecule has 0 radical (unpaired) electrons. The van der Waals surface area contributed by atoms with Gasteiger partial charge < -0.3 is 43.2 Å². The molecule has 2 aromatic carbocycles. The van der Waals surface area contributed by atoms with E-state index in [-0.39, 0.29) is 19.2 Å². The lowest BCUT2D eigenvalue weighted by atomic mass is 10.2. The molecule has 2 rings (SSSR count). The first-order chi connectivity index (χ1) is 19.8. The molecular formula is C29H41NO10. The molecule has 40 heavy (non-hydrogen) atoms. The molecule has 0 unspecified atom stereocenters. The fourth-order valence-corrected chi connectivity index (χ4v) is 3.05. The molecule has 0 aliphatic heterocycles. The Balaban J connectivity index is 1.21. The predicted octanol–water partition coefficient (Wildman–Crippen LogP) is 2.87. The van der Waals surface area contributed by atoms with Crippen molar-refractivity contribution in [2.24, 2.45) is 0 Å². The minimum atomic E-state index is -0.473. The van der Waals surface area contributed by atoms with Crippen molar-refractivity contribution in [3.05, 3.63) is 71.8 Å². The lowest BCUT2D eigenvalue weighted by Crippen LogP contribution is -2.28. The Morgan fingerprint density at radius 3 is 1.43 bits per heavy atom. The largest absolute Gasteiger partial charge is 0.460 e. The van der Waals surface area contributed by atoms with Crippen LogP contribution in [0.5, 0.6) is 0 Å². The molecule has 0 bridgehead atoms. The van der Waals surface area contributed by atoms with Crippen LogP contribution < -0.4 is 5.32 Å². The third kappa shape index (κ3) is 18.3. The van der Waals surface area contributed by atoms with Crippen molar-refractivity contribution in [1.82, 2.24) is 5.32 Å². The Morgan fingerprint density at radius 2 is 0.925 bits per heavy atom. The molecule has 0 saturated carbocycles. The van der Waals surface area contributed by atoms with E-state index >= 15 is 0 Å². The molecule has 0 atom stereocenters. The van der Waals surface area contributed by atoms with Crippen LogP contribution in [0.25, 0.3) is 0 Å².